The zero-order valence-electron chi connectivity index (χ0n) is 15.4. The fraction of sp³-hybridized carbons (Fsp3) is 0.0400. The van der Waals surface area contributed by atoms with Crippen LogP contribution in [-0.2, 0) is 0 Å². The molecule has 27 heavy (non-hydrogen) atoms. The van der Waals surface area contributed by atoms with E-state index in [1.807, 2.05) is 0 Å². The van der Waals surface area contributed by atoms with E-state index in [4.69, 9.17) is 0 Å². The Hall–Kier alpha value is -2.76. The standard InChI is InChI=1S/C19H19P.C6H5F/c1-20(17-11-5-2-6-12-17,18-13-7-3-8-14-18)19-15-9-4-10-16-19;7-6-4-2-1-3-5-6/h2-16,20H,1H3;1-5H. The van der Waals surface area contributed by atoms with Crippen molar-refractivity contribution in [3.8, 4) is 0 Å². The Morgan fingerprint density at radius 3 is 0.926 bits per heavy atom. The predicted octanol–water partition coefficient (Wildman–Crippen LogP) is 5.17. The zero-order chi connectivity index (χ0) is 19.0. The Morgan fingerprint density at radius 2 is 0.704 bits per heavy atom. The molecular weight excluding hydrogens is 350 g/mol. The molecule has 0 N–H and O–H groups in total. The molecule has 0 spiro atoms. The monoisotopic (exact) mass is 374 g/mol. The third kappa shape index (κ3) is 4.70. The van der Waals surface area contributed by atoms with Gasteiger partial charge in [0.1, 0.15) is 5.82 Å². The molecule has 0 amide bonds. The predicted molar refractivity (Wildman–Crippen MR) is 119 cm³/mol. The Balaban J connectivity index is 0.000000253. The molecule has 0 saturated carbocycles. The van der Waals surface area contributed by atoms with E-state index in [1.165, 1.54) is 28.0 Å². The zero-order valence-corrected chi connectivity index (χ0v) is 16.4. The van der Waals surface area contributed by atoms with E-state index in [2.05, 4.69) is 97.7 Å². The van der Waals surface area contributed by atoms with Gasteiger partial charge in [0.05, 0.1) is 0 Å². The molecule has 0 unspecified atom stereocenters. The topological polar surface area (TPSA) is 0 Å². The van der Waals surface area contributed by atoms with Crippen molar-refractivity contribution in [1.82, 2.24) is 0 Å². The fourth-order valence-corrected chi connectivity index (χ4v) is 6.81. The van der Waals surface area contributed by atoms with E-state index in [9.17, 15) is 4.39 Å². The summed E-state index contributed by atoms with van der Waals surface area (Å²) in [5.41, 5.74) is 0. The smallest absolute Gasteiger partial charge is 0.123 e. The molecule has 2 heteroatoms. The molecule has 4 aromatic carbocycles. The maximum atomic E-state index is 11.9. The van der Waals surface area contributed by atoms with Gasteiger partial charge in [-0.3, -0.25) is 0 Å². The summed E-state index contributed by atoms with van der Waals surface area (Å²) in [6, 6.07) is 40.7. The molecule has 0 saturated heterocycles. The van der Waals surface area contributed by atoms with Gasteiger partial charge in [-0.15, -0.1) is 0 Å². The van der Waals surface area contributed by atoms with Gasteiger partial charge < -0.3 is 0 Å². The molecule has 0 atom stereocenters. The first-order chi connectivity index (χ1) is 13.2. The van der Waals surface area contributed by atoms with E-state index in [-0.39, 0.29) is 5.82 Å². The summed E-state index contributed by atoms with van der Waals surface area (Å²) < 4.78 is 11.9. The third-order valence-corrected chi connectivity index (χ3v) is 9.25. The summed E-state index contributed by atoms with van der Waals surface area (Å²) in [6.45, 7) is 2.44. The van der Waals surface area contributed by atoms with Crippen LogP contribution in [0.15, 0.2) is 121 Å². The SMILES string of the molecule is C[PH](c1ccccc1)(c1ccccc1)c1ccccc1.Fc1ccccc1. The van der Waals surface area contributed by atoms with Gasteiger partial charge in [0.15, 0.2) is 0 Å². The fourth-order valence-electron chi connectivity index (χ4n) is 3.23. The van der Waals surface area contributed by atoms with E-state index in [1.54, 1.807) is 18.2 Å². The molecule has 136 valence electrons. The normalized spacial score (nSPS) is 11.2. The molecule has 0 nitrogen and oxygen atoms in total. The van der Waals surface area contributed by atoms with E-state index < -0.39 is 7.26 Å². The third-order valence-electron chi connectivity index (χ3n) is 4.79. The summed E-state index contributed by atoms with van der Waals surface area (Å²) in [7, 11) is -1.88. The van der Waals surface area contributed by atoms with E-state index >= 15 is 0 Å². The summed E-state index contributed by atoms with van der Waals surface area (Å²) >= 11 is 0. The van der Waals surface area contributed by atoms with Crippen molar-refractivity contribution in [2.75, 3.05) is 6.66 Å². The van der Waals surface area contributed by atoms with Gasteiger partial charge in [-0.05, 0) is 12.1 Å². The van der Waals surface area contributed by atoms with Crippen LogP contribution in [0.25, 0.3) is 0 Å². The number of hydrogen-bond donors (Lipinski definition) is 0. The summed E-state index contributed by atoms with van der Waals surface area (Å²) in [4.78, 5) is 0. The van der Waals surface area contributed by atoms with Crippen molar-refractivity contribution >= 4 is 23.2 Å². The van der Waals surface area contributed by atoms with Gasteiger partial charge in [-0.1, -0.05) is 18.2 Å². The molecule has 0 fully saturated rings. The summed E-state index contributed by atoms with van der Waals surface area (Å²) in [5.74, 6) is -0.178. The Bertz CT molecular complexity index is 826. The molecule has 0 heterocycles. The van der Waals surface area contributed by atoms with Gasteiger partial charge in [-0.25, -0.2) is 4.39 Å². The van der Waals surface area contributed by atoms with Crippen molar-refractivity contribution in [2.24, 2.45) is 0 Å². The quantitative estimate of drug-likeness (QED) is 0.434. The van der Waals surface area contributed by atoms with Gasteiger partial charge in [0.25, 0.3) is 0 Å². The van der Waals surface area contributed by atoms with Crippen LogP contribution in [0.1, 0.15) is 0 Å². The minimum atomic E-state index is -1.88. The van der Waals surface area contributed by atoms with Gasteiger partial charge in [0, 0.05) is 0 Å². The molecule has 0 aliphatic carbocycles. The molecule has 0 aromatic heterocycles. The second kappa shape index (κ2) is 9.26. The minimum Gasteiger partial charge on any atom is -0.207 e. The maximum Gasteiger partial charge on any atom is 0.123 e. The van der Waals surface area contributed by atoms with Crippen LogP contribution in [0.2, 0.25) is 0 Å². The molecule has 0 bridgehead atoms. The average molecular weight is 374 g/mol. The number of rotatable bonds is 3. The van der Waals surface area contributed by atoms with Crippen LogP contribution >= 0.6 is 7.26 Å². The molecule has 4 aromatic rings. The first-order valence-corrected chi connectivity index (χ1v) is 11.6. The van der Waals surface area contributed by atoms with Gasteiger partial charge >= 0.3 is 121 Å². The molecule has 0 aliphatic rings. The number of hydrogen-bond acceptors (Lipinski definition) is 0. The second-order valence-electron chi connectivity index (χ2n) is 6.52. The summed E-state index contributed by atoms with van der Waals surface area (Å²) in [5, 5.41) is 4.37. The van der Waals surface area contributed by atoms with Crippen molar-refractivity contribution in [2.45, 2.75) is 0 Å². The molecule has 0 aliphatic heterocycles. The van der Waals surface area contributed by atoms with Crippen LogP contribution in [0.4, 0.5) is 4.39 Å². The van der Waals surface area contributed by atoms with Crippen LogP contribution in [0.5, 0.6) is 0 Å². The van der Waals surface area contributed by atoms with E-state index in [0.29, 0.717) is 0 Å². The van der Waals surface area contributed by atoms with Crippen LogP contribution in [0, 0.1) is 5.82 Å². The van der Waals surface area contributed by atoms with Gasteiger partial charge in [0.2, 0.25) is 0 Å². The van der Waals surface area contributed by atoms with Crippen LogP contribution in [-0.4, -0.2) is 6.66 Å². The van der Waals surface area contributed by atoms with Crippen molar-refractivity contribution in [3.63, 3.8) is 0 Å². The summed E-state index contributed by atoms with van der Waals surface area (Å²) in [6.07, 6.45) is 0. The van der Waals surface area contributed by atoms with Crippen LogP contribution < -0.4 is 15.9 Å². The molecular formula is C25H24FP. The largest absolute Gasteiger partial charge is 0.207 e. The van der Waals surface area contributed by atoms with Crippen molar-refractivity contribution in [3.05, 3.63) is 127 Å². The van der Waals surface area contributed by atoms with Crippen molar-refractivity contribution < 1.29 is 4.39 Å². The first kappa shape index (κ1) is 19.0. The number of halogens is 1. The first-order valence-electron chi connectivity index (χ1n) is 9.08. The van der Waals surface area contributed by atoms with Crippen molar-refractivity contribution in [1.29, 1.82) is 0 Å². The minimum absolute atomic E-state index is 0.178. The Kier molecular flexibility index (Phi) is 6.52. The van der Waals surface area contributed by atoms with E-state index in [0.717, 1.165) is 0 Å². The van der Waals surface area contributed by atoms with Gasteiger partial charge in [-0.2, -0.15) is 0 Å². The molecule has 4 rings (SSSR count). The van der Waals surface area contributed by atoms with Crippen LogP contribution in [0.3, 0.4) is 0 Å². The Labute approximate surface area is 161 Å². The number of benzene rings is 4. The maximum absolute atomic E-state index is 11.9. The molecule has 0 radical (unpaired) electrons. The Morgan fingerprint density at radius 1 is 0.444 bits per heavy atom. The average Bonchev–Trinajstić information content (AvgIpc) is 2.76. The second-order valence-corrected chi connectivity index (χ2v) is 10.5.